The van der Waals surface area contributed by atoms with Gasteiger partial charge in [-0.25, -0.2) is 0 Å². The Kier molecular flexibility index (Phi) is 4.87. The Morgan fingerprint density at radius 3 is 2.24 bits per heavy atom. The van der Waals surface area contributed by atoms with Crippen molar-refractivity contribution in [2.24, 2.45) is 11.8 Å². The van der Waals surface area contributed by atoms with Gasteiger partial charge in [-0.05, 0) is 57.4 Å². The topological polar surface area (TPSA) is 23.5 Å². The fourth-order valence-electron chi connectivity index (χ4n) is 3.62. The van der Waals surface area contributed by atoms with E-state index < -0.39 is 0 Å². The Labute approximate surface area is 106 Å². The SMILES string of the molecule is CC1CCC(N(C)CC(O)C2CCCC2)CC1. The first kappa shape index (κ1) is 13.4. The molecule has 0 spiro atoms. The van der Waals surface area contributed by atoms with Gasteiger partial charge in [-0.2, -0.15) is 0 Å². The van der Waals surface area contributed by atoms with E-state index in [2.05, 4.69) is 18.9 Å². The van der Waals surface area contributed by atoms with Gasteiger partial charge in [-0.1, -0.05) is 19.8 Å². The Morgan fingerprint density at radius 2 is 1.65 bits per heavy atom. The molecule has 0 heterocycles. The maximum absolute atomic E-state index is 10.3. The average molecular weight is 239 g/mol. The molecule has 0 bridgehead atoms. The van der Waals surface area contributed by atoms with Gasteiger partial charge in [0.2, 0.25) is 0 Å². The molecule has 2 aliphatic carbocycles. The van der Waals surface area contributed by atoms with E-state index in [9.17, 15) is 5.11 Å². The normalized spacial score (nSPS) is 33.2. The number of nitrogens with zero attached hydrogens (tertiary/aromatic N) is 1. The monoisotopic (exact) mass is 239 g/mol. The van der Waals surface area contributed by atoms with Gasteiger partial charge in [0, 0.05) is 12.6 Å². The number of hydrogen-bond acceptors (Lipinski definition) is 2. The molecule has 1 N–H and O–H groups in total. The third kappa shape index (κ3) is 3.69. The lowest BCUT2D eigenvalue weighted by Crippen LogP contribution is -2.41. The molecule has 17 heavy (non-hydrogen) atoms. The van der Waals surface area contributed by atoms with Crippen molar-refractivity contribution in [2.75, 3.05) is 13.6 Å². The summed E-state index contributed by atoms with van der Waals surface area (Å²) in [6.07, 6.45) is 10.5. The number of rotatable bonds is 4. The van der Waals surface area contributed by atoms with Gasteiger partial charge < -0.3 is 10.0 Å². The smallest absolute Gasteiger partial charge is 0.0695 e. The molecule has 2 rings (SSSR count). The average Bonchev–Trinajstić information content (AvgIpc) is 2.83. The molecule has 2 fully saturated rings. The predicted octanol–water partition coefficient (Wildman–Crippen LogP) is 3.05. The van der Waals surface area contributed by atoms with Gasteiger partial charge in [0.05, 0.1) is 6.10 Å². The number of likely N-dealkylation sites (N-methyl/N-ethyl adjacent to an activating group) is 1. The van der Waals surface area contributed by atoms with E-state index in [1.165, 1.54) is 51.4 Å². The first-order chi connectivity index (χ1) is 8.16. The van der Waals surface area contributed by atoms with Gasteiger partial charge in [-0.3, -0.25) is 0 Å². The van der Waals surface area contributed by atoms with Crippen molar-refractivity contribution in [1.82, 2.24) is 4.90 Å². The van der Waals surface area contributed by atoms with E-state index in [4.69, 9.17) is 0 Å². The summed E-state index contributed by atoms with van der Waals surface area (Å²) in [7, 11) is 2.21. The summed E-state index contributed by atoms with van der Waals surface area (Å²) in [5, 5.41) is 10.3. The second kappa shape index (κ2) is 6.19. The Morgan fingerprint density at radius 1 is 1.06 bits per heavy atom. The van der Waals surface area contributed by atoms with Gasteiger partial charge in [0.15, 0.2) is 0 Å². The lowest BCUT2D eigenvalue weighted by molar-refractivity contribution is 0.0497. The summed E-state index contributed by atoms with van der Waals surface area (Å²) in [6, 6.07) is 0.724. The van der Waals surface area contributed by atoms with Crippen LogP contribution in [0.5, 0.6) is 0 Å². The summed E-state index contributed by atoms with van der Waals surface area (Å²) in [5.41, 5.74) is 0. The minimum atomic E-state index is -0.0816. The second-order valence-electron chi connectivity index (χ2n) is 6.47. The van der Waals surface area contributed by atoms with Crippen LogP contribution in [0.3, 0.4) is 0 Å². The first-order valence-corrected chi connectivity index (χ1v) is 7.55. The summed E-state index contributed by atoms with van der Waals surface area (Å²) in [5.74, 6) is 1.50. The molecule has 100 valence electrons. The van der Waals surface area contributed by atoms with Crippen molar-refractivity contribution in [3.63, 3.8) is 0 Å². The van der Waals surface area contributed by atoms with Gasteiger partial charge in [0.1, 0.15) is 0 Å². The van der Waals surface area contributed by atoms with Crippen LogP contribution in [0.25, 0.3) is 0 Å². The molecule has 0 aromatic rings. The minimum absolute atomic E-state index is 0.0816. The van der Waals surface area contributed by atoms with Gasteiger partial charge in [-0.15, -0.1) is 0 Å². The largest absolute Gasteiger partial charge is 0.392 e. The van der Waals surface area contributed by atoms with Crippen LogP contribution >= 0.6 is 0 Å². The van der Waals surface area contributed by atoms with Crippen LogP contribution in [0, 0.1) is 11.8 Å². The van der Waals surface area contributed by atoms with Crippen LogP contribution in [-0.2, 0) is 0 Å². The summed E-state index contributed by atoms with van der Waals surface area (Å²) >= 11 is 0. The van der Waals surface area contributed by atoms with Gasteiger partial charge >= 0.3 is 0 Å². The van der Waals surface area contributed by atoms with E-state index in [1.54, 1.807) is 0 Å². The highest BCUT2D eigenvalue weighted by molar-refractivity contribution is 4.81. The van der Waals surface area contributed by atoms with E-state index in [0.717, 1.165) is 18.5 Å². The predicted molar refractivity (Wildman–Crippen MR) is 72.0 cm³/mol. The molecule has 0 saturated heterocycles. The zero-order valence-corrected chi connectivity index (χ0v) is 11.6. The molecule has 2 nitrogen and oxygen atoms in total. The van der Waals surface area contributed by atoms with Crippen LogP contribution in [0.4, 0.5) is 0 Å². The fraction of sp³-hybridized carbons (Fsp3) is 1.00. The Balaban J connectivity index is 1.73. The standard InChI is InChI=1S/C15H29NO/c1-12-7-9-14(10-8-12)16(2)11-15(17)13-5-3-4-6-13/h12-15,17H,3-11H2,1-2H3. The Bertz CT molecular complexity index is 217. The lowest BCUT2D eigenvalue weighted by atomic mass is 9.86. The zero-order chi connectivity index (χ0) is 12.3. The highest BCUT2D eigenvalue weighted by Gasteiger charge is 2.27. The third-order valence-corrected chi connectivity index (χ3v) is 5.03. The van der Waals surface area contributed by atoms with Crippen LogP contribution in [0.2, 0.25) is 0 Å². The highest BCUT2D eigenvalue weighted by Crippen LogP contribution is 2.30. The van der Waals surface area contributed by atoms with Crippen molar-refractivity contribution in [2.45, 2.75) is 70.4 Å². The molecule has 0 aromatic carbocycles. The number of aliphatic hydroxyl groups excluding tert-OH is 1. The molecule has 0 amide bonds. The van der Waals surface area contributed by atoms with Crippen molar-refractivity contribution < 1.29 is 5.11 Å². The van der Waals surface area contributed by atoms with Crippen LogP contribution in [0.1, 0.15) is 58.3 Å². The highest BCUT2D eigenvalue weighted by atomic mass is 16.3. The molecule has 0 radical (unpaired) electrons. The lowest BCUT2D eigenvalue weighted by Gasteiger charge is -2.35. The molecule has 2 saturated carbocycles. The van der Waals surface area contributed by atoms with E-state index in [1.807, 2.05) is 0 Å². The van der Waals surface area contributed by atoms with E-state index in [-0.39, 0.29) is 6.10 Å². The maximum atomic E-state index is 10.3. The second-order valence-corrected chi connectivity index (χ2v) is 6.47. The van der Waals surface area contributed by atoms with Crippen molar-refractivity contribution in [3.8, 4) is 0 Å². The molecule has 2 aliphatic rings. The first-order valence-electron chi connectivity index (χ1n) is 7.55. The molecular weight excluding hydrogens is 210 g/mol. The minimum Gasteiger partial charge on any atom is -0.392 e. The maximum Gasteiger partial charge on any atom is 0.0695 e. The number of hydrogen-bond donors (Lipinski definition) is 1. The summed E-state index contributed by atoms with van der Waals surface area (Å²) in [6.45, 7) is 3.26. The summed E-state index contributed by atoms with van der Waals surface area (Å²) < 4.78 is 0. The van der Waals surface area contributed by atoms with Crippen molar-refractivity contribution in [1.29, 1.82) is 0 Å². The van der Waals surface area contributed by atoms with Gasteiger partial charge in [0.25, 0.3) is 0 Å². The Hall–Kier alpha value is -0.0800. The molecule has 0 aliphatic heterocycles. The molecule has 2 heteroatoms. The van der Waals surface area contributed by atoms with E-state index >= 15 is 0 Å². The van der Waals surface area contributed by atoms with Crippen LogP contribution < -0.4 is 0 Å². The van der Waals surface area contributed by atoms with E-state index in [0.29, 0.717) is 5.92 Å². The zero-order valence-electron chi connectivity index (χ0n) is 11.6. The molecule has 0 aromatic heterocycles. The third-order valence-electron chi connectivity index (χ3n) is 5.03. The van der Waals surface area contributed by atoms with Crippen molar-refractivity contribution in [3.05, 3.63) is 0 Å². The summed E-state index contributed by atoms with van der Waals surface area (Å²) in [4.78, 5) is 2.43. The quantitative estimate of drug-likeness (QED) is 0.815. The fourth-order valence-corrected chi connectivity index (χ4v) is 3.62. The molecular formula is C15H29NO. The molecule has 1 atom stereocenters. The molecule has 1 unspecified atom stereocenters. The van der Waals surface area contributed by atoms with Crippen LogP contribution in [0.15, 0.2) is 0 Å². The van der Waals surface area contributed by atoms with Crippen LogP contribution in [-0.4, -0.2) is 35.7 Å². The number of aliphatic hydroxyl groups is 1. The van der Waals surface area contributed by atoms with Crippen molar-refractivity contribution >= 4 is 0 Å².